The molecule has 0 saturated heterocycles. The quantitative estimate of drug-likeness (QED) is 0.123. The van der Waals surface area contributed by atoms with Crippen molar-refractivity contribution < 1.29 is 0 Å². The summed E-state index contributed by atoms with van der Waals surface area (Å²) in [4.78, 5) is 0. The summed E-state index contributed by atoms with van der Waals surface area (Å²) < 4.78 is -0.777. The van der Waals surface area contributed by atoms with Crippen molar-refractivity contribution in [3.05, 3.63) is 250 Å². The molecule has 7 rings (SSSR count). The van der Waals surface area contributed by atoms with Gasteiger partial charge in [-0.3, -0.25) is 0 Å². The topological polar surface area (TPSA) is 26.0 Å². The van der Waals surface area contributed by atoms with Crippen molar-refractivity contribution in [2.24, 2.45) is 5.73 Å². The number of rotatable bonds is 13. The van der Waals surface area contributed by atoms with Gasteiger partial charge >= 0.3 is 0 Å². The van der Waals surface area contributed by atoms with E-state index in [9.17, 15) is 0 Å². The van der Waals surface area contributed by atoms with E-state index in [4.69, 9.17) is 5.73 Å². The second-order valence-electron chi connectivity index (χ2n) is 12.5. The Bertz CT molecular complexity index is 1730. The molecule has 246 valence electrons. The lowest BCUT2D eigenvalue weighted by Crippen LogP contribution is -2.26. The maximum Gasteiger partial charge on any atom is 0.0910 e. The average Bonchev–Trinajstić information content (AvgIpc) is 3.21. The molecule has 7 aromatic carbocycles. The van der Waals surface area contributed by atoms with E-state index in [1.165, 1.54) is 44.5 Å². The molecule has 0 fully saturated rings. The van der Waals surface area contributed by atoms with Crippen molar-refractivity contribution in [3.63, 3.8) is 0 Å². The summed E-state index contributed by atoms with van der Waals surface area (Å²) in [6.45, 7) is 0.499. The number of thioether (sulfide) groups is 2. The maximum absolute atomic E-state index is 6.38. The summed E-state index contributed by atoms with van der Waals surface area (Å²) in [7, 11) is 0. The highest BCUT2D eigenvalue weighted by molar-refractivity contribution is 8.00. The third-order valence-electron chi connectivity index (χ3n) is 9.34. The van der Waals surface area contributed by atoms with Crippen molar-refractivity contribution in [2.45, 2.75) is 27.5 Å². The predicted octanol–water partition coefficient (Wildman–Crippen LogP) is 11.6. The normalized spacial score (nSPS) is 11.7. The van der Waals surface area contributed by atoms with Crippen LogP contribution in [0.5, 0.6) is 0 Å². The van der Waals surface area contributed by atoms with Crippen molar-refractivity contribution in [1.82, 2.24) is 0 Å². The van der Waals surface area contributed by atoms with Gasteiger partial charge in [0.1, 0.15) is 0 Å². The zero-order valence-electron chi connectivity index (χ0n) is 28.1. The van der Waals surface area contributed by atoms with Gasteiger partial charge in [0.2, 0.25) is 0 Å². The van der Waals surface area contributed by atoms with Crippen molar-refractivity contribution in [2.75, 3.05) is 0 Å². The van der Waals surface area contributed by atoms with Crippen LogP contribution in [0.3, 0.4) is 0 Å². The Morgan fingerprint density at radius 2 is 0.540 bits per heavy atom. The van der Waals surface area contributed by atoms with E-state index < -0.39 is 0 Å². The Balaban J connectivity index is 1.28. The van der Waals surface area contributed by atoms with E-state index in [2.05, 4.69) is 200 Å². The van der Waals surface area contributed by atoms with E-state index in [1.54, 1.807) is 0 Å². The van der Waals surface area contributed by atoms with Gasteiger partial charge < -0.3 is 5.73 Å². The fourth-order valence-corrected chi connectivity index (χ4v) is 9.96. The van der Waals surface area contributed by atoms with Gasteiger partial charge in [-0.2, -0.15) is 0 Å². The third-order valence-corrected chi connectivity index (χ3v) is 12.6. The highest BCUT2D eigenvalue weighted by Crippen LogP contribution is 2.51. The lowest BCUT2D eigenvalue weighted by Gasteiger charge is -2.36. The largest absolute Gasteiger partial charge is 0.326 e. The van der Waals surface area contributed by atoms with Gasteiger partial charge in [-0.15, -0.1) is 23.5 Å². The molecule has 1 nitrogen and oxygen atoms in total. The molecule has 0 bridgehead atoms. The molecular weight excluding hydrogens is 643 g/mol. The molecule has 0 saturated carbocycles. The van der Waals surface area contributed by atoms with Gasteiger partial charge in [0.25, 0.3) is 0 Å². The lowest BCUT2D eigenvalue weighted by molar-refractivity contribution is 0.892. The Morgan fingerprint density at radius 1 is 0.320 bits per heavy atom. The molecule has 50 heavy (non-hydrogen) atoms. The molecule has 0 aliphatic heterocycles. The first kappa shape index (κ1) is 33.7. The van der Waals surface area contributed by atoms with Gasteiger partial charge in [0.05, 0.1) is 9.49 Å². The highest BCUT2D eigenvalue weighted by Gasteiger charge is 2.38. The number of hydrogen-bond donors (Lipinski definition) is 1. The minimum absolute atomic E-state index is 0.388. The van der Waals surface area contributed by atoms with Crippen LogP contribution in [-0.4, -0.2) is 0 Å². The first-order valence-corrected chi connectivity index (χ1v) is 19.1. The van der Waals surface area contributed by atoms with Gasteiger partial charge in [0.15, 0.2) is 0 Å². The second-order valence-corrected chi connectivity index (χ2v) is 14.9. The van der Waals surface area contributed by atoms with Gasteiger partial charge in [-0.1, -0.05) is 200 Å². The van der Waals surface area contributed by atoms with Crippen LogP contribution in [0.25, 0.3) is 0 Å². The van der Waals surface area contributed by atoms with Crippen molar-refractivity contribution in [1.29, 1.82) is 0 Å². The van der Waals surface area contributed by atoms with Crippen LogP contribution >= 0.6 is 23.5 Å². The van der Waals surface area contributed by atoms with Crippen LogP contribution in [0, 0.1) is 0 Å². The Kier molecular flexibility index (Phi) is 10.7. The molecule has 0 aliphatic carbocycles. The molecular formula is C47H41NS2. The van der Waals surface area contributed by atoms with Crippen LogP contribution in [0.1, 0.15) is 50.1 Å². The molecule has 3 heteroatoms. The van der Waals surface area contributed by atoms with Crippen molar-refractivity contribution >= 4 is 23.5 Å². The standard InChI is InChI=1S/C47H41NS2/c48-34-37-31-38(35-49-46(40-19-7-1-8-20-40,41-21-9-2-10-22-41)42-23-11-3-12-24-42)33-39(32-37)36-50-47(43-25-13-4-14-26-43,44-27-15-5-16-28-44)45-29-17-6-18-30-45/h1-33H,34-36,48H2. The lowest BCUT2D eigenvalue weighted by atomic mass is 9.84. The fraction of sp³-hybridized carbons (Fsp3) is 0.106. The summed E-state index contributed by atoms with van der Waals surface area (Å²) in [6, 6.07) is 72.6. The third kappa shape index (κ3) is 6.95. The van der Waals surface area contributed by atoms with Crippen molar-refractivity contribution in [3.8, 4) is 0 Å². The Hall–Kier alpha value is -4.80. The Labute approximate surface area is 305 Å². The molecule has 2 N–H and O–H groups in total. The van der Waals surface area contributed by atoms with Crippen LogP contribution in [0.4, 0.5) is 0 Å². The highest BCUT2D eigenvalue weighted by atomic mass is 32.2. The van der Waals surface area contributed by atoms with E-state index in [-0.39, 0.29) is 9.49 Å². The molecule has 0 radical (unpaired) electrons. The van der Waals surface area contributed by atoms with Crippen LogP contribution < -0.4 is 5.73 Å². The van der Waals surface area contributed by atoms with Crippen LogP contribution in [0.2, 0.25) is 0 Å². The number of hydrogen-bond acceptors (Lipinski definition) is 3. The minimum atomic E-state index is -0.388. The van der Waals surface area contributed by atoms with Gasteiger partial charge in [-0.25, -0.2) is 0 Å². The number of nitrogens with two attached hydrogens (primary N) is 1. The zero-order chi connectivity index (χ0) is 34.1. The fourth-order valence-electron chi connectivity index (χ4n) is 7.04. The summed E-state index contributed by atoms with van der Waals surface area (Å²) in [5.74, 6) is 1.65. The monoisotopic (exact) mass is 683 g/mol. The molecule has 0 spiro atoms. The van der Waals surface area contributed by atoms with Crippen LogP contribution in [-0.2, 0) is 27.5 Å². The predicted molar refractivity (Wildman–Crippen MR) is 215 cm³/mol. The molecule has 0 aliphatic rings. The summed E-state index contributed by atoms with van der Waals surface area (Å²) in [6.07, 6.45) is 0. The first-order valence-electron chi connectivity index (χ1n) is 17.2. The van der Waals surface area contributed by atoms with E-state index in [0.717, 1.165) is 17.1 Å². The van der Waals surface area contributed by atoms with E-state index in [0.29, 0.717) is 6.54 Å². The van der Waals surface area contributed by atoms with Gasteiger partial charge in [-0.05, 0) is 50.1 Å². The second kappa shape index (κ2) is 15.8. The summed E-state index contributed by atoms with van der Waals surface area (Å²) in [5, 5.41) is 0. The zero-order valence-corrected chi connectivity index (χ0v) is 29.7. The van der Waals surface area contributed by atoms with E-state index in [1.807, 2.05) is 23.5 Å². The molecule has 0 unspecified atom stereocenters. The van der Waals surface area contributed by atoms with E-state index >= 15 is 0 Å². The maximum atomic E-state index is 6.38. The summed E-state index contributed by atoms with van der Waals surface area (Å²) >= 11 is 3.95. The summed E-state index contributed by atoms with van der Waals surface area (Å²) in [5.41, 5.74) is 17.7. The molecule has 0 heterocycles. The Morgan fingerprint density at radius 3 is 0.760 bits per heavy atom. The van der Waals surface area contributed by atoms with Gasteiger partial charge in [0, 0.05) is 18.1 Å². The average molecular weight is 684 g/mol. The first-order chi connectivity index (χ1) is 24.7. The molecule has 0 amide bonds. The number of benzene rings is 7. The SMILES string of the molecule is NCc1cc(CSC(c2ccccc2)(c2ccccc2)c2ccccc2)cc(CSC(c2ccccc2)(c2ccccc2)c2ccccc2)c1. The molecule has 0 atom stereocenters. The minimum Gasteiger partial charge on any atom is -0.326 e. The van der Waals surface area contributed by atoms with Crippen LogP contribution in [0.15, 0.2) is 200 Å². The molecule has 7 aromatic rings. The molecule has 0 aromatic heterocycles. The smallest absolute Gasteiger partial charge is 0.0910 e.